The van der Waals surface area contributed by atoms with Crippen LogP contribution in [0.1, 0.15) is 12.5 Å². The summed E-state index contributed by atoms with van der Waals surface area (Å²) in [6.45, 7) is 2.13. The monoisotopic (exact) mass is 232 g/mol. The summed E-state index contributed by atoms with van der Waals surface area (Å²) in [7, 11) is 0. The molecular formula is C13H16N2O2. The molecule has 0 aliphatic carbocycles. The molecule has 0 aliphatic rings. The Hall–Kier alpha value is -1.99. The zero-order chi connectivity index (χ0) is 12.7. The molecule has 0 heterocycles. The Labute approximate surface area is 101 Å². The highest BCUT2D eigenvalue weighted by Gasteiger charge is 2.09. The molecule has 90 valence electrons. The summed E-state index contributed by atoms with van der Waals surface area (Å²) in [6.07, 6.45) is 0.435. The van der Waals surface area contributed by atoms with E-state index >= 15 is 0 Å². The summed E-state index contributed by atoms with van der Waals surface area (Å²) in [5, 5.41) is 0. The van der Waals surface area contributed by atoms with Gasteiger partial charge in [-0.25, -0.2) is 0 Å². The predicted octanol–water partition coefficient (Wildman–Crippen LogP) is 0.444. The van der Waals surface area contributed by atoms with E-state index in [4.69, 9.17) is 16.2 Å². The van der Waals surface area contributed by atoms with Crippen molar-refractivity contribution in [1.29, 1.82) is 0 Å². The topological polar surface area (TPSA) is 78.3 Å². The minimum Gasteiger partial charge on any atom is -0.481 e. The van der Waals surface area contributed by atoms with E-state index in [0.717, 1.165) is 11.3 Å². The molecule has 1 atom stereocenters. The van der Waals surface area contributed by atoms with Crippen molar-refractivity contribution in [3.63, 3.8) is 0 Å². The third-order valence-corrected chi connectivity index (χ3v) is 2.23. The first-order chi connectivity index (χ1) is 8.13. The number of amides is 1. The molecule has 0 saturated carbocycles. The van der Waals surface area contributed by atoms with Crippen LogP contribution in [0.2, 0.25) is 0 Å². The molecule has 17 heavy (non-hydrogen) atoms. The van der Waals surface area contributed by atoms with Gasteiger partial charge in [-0.3, -0.25) is 4.79 Å². The second-order valence-corrected chi connectivity index (χ2v) is 3.57. The van der Waals surface area contributed by atoms with E-state index in [1.807, 2.05) is 24.3 Å². The van der Waals surface area contributed by atoms with Crippen LogP contribution in [0.15, 0.2) is 24.3 Å². The smallest absolute Gasteiger partial charge is 0.234 e. The van der Waals surface area contributed by atoms with Gasteiger partial charge in [0.2, 0.25) is 5.91 Å². The molecule has 0 unspecified atom stereocenters. The maximum Gasteiger partial charge on any atom is 0.234 e. The van der Waals surface area contributed by atoms with Crippen molar-refractivity contribution in [2.45, 2.75) is 19.4 Å². The van der Waals surface area contributed by atoms with E-state index < -0.39 is 11.9 Å². The second kappa shape index (κ2) is 6.56. The highest BCUT2D eigenvalue weighted by Crippen LogP contribution is 2.12. The van der Waals surface area contributed by atoms with Gasteiger partial charge in [0.1, 0.15) is 12.4 Å². The van der Waals surface area contributed by atoms with Gasteiger partial charge in [-0.1, -0.05) is 18.1 Å². The fourth-order valence-electron chi connectivity index (χ4n) is 1.27. The van der Waals surface area contributed by atoms with Crippen molar-refractivity contribution < 1.29 is 9.53 Å². The quantitative estimate of drug-likeness (QED) is 0.723. The third kappa shape index (κ3) is 4.58. The van der Waals surface area contributed by atoms with Gasteiger partial charge < -0.3 is 16.2 Å². The summed E-state index contributed by atoms with van der Waals surface area (Å²) < 4.78 is 5.36. The first-order valence-corrected chi connectivity index (χ1v) is 5.29. The van der Waals surface area contributed by atoms with Crippen molar-refractivity contribution in [2.24, 2.45) is 11.5 Å². The molecular weight excluding hydrogens is 216 g/mol. The first kappa shape index (κ1) is 13.1. The molecule has 1 aromatic rings. The molecule has 1 rings (SSSR count). The molecule has 0 aromatic heterocycles. The van der Waals surface area contributed by atoms with Crippen LogP contribution >= 0.6 is 0 Å². The van der Waals surface area contributed by atoms with Crippen molar-refractivity contribution in [2.75, 3.05) is 6.61 Å². The van der Waals surface area contributed by atoms with Gasteiger partial charge >= 0.3 is 0 Å². The van der Waals surface area contributed by atoms with Gasteiger partial charge in [-0.05, 0) is 31.0 Å². The number of carbonyl (C=O) groups is 1. The summed E-state index contributed by atoms with van der Waals surface area (Å²) >= 11 is 0. The fourth-order valence-corrected chi connectivity index (χ4v) is 1.27. The zero-order valence-electron chi connectivity index (χ0n) is 9.77. The normalized spacial score (nSPS) is 11.2. The average Bonchev–Trinajstić information content (AvgIpc) is 2.31. The lowest BCUT2D eigenvalue weighted by molar-refractivity contribution is -0.119. The van der Waals surface area contributed by atoms with E-state index in [2.05, 4.69) is 11.8 Å². The van der Waals surface area contributed by atoms with Crippen molar-refractivity contribution >= 4 is 5.91 Å². The van der Waals surface area contributed by atoms with Crippen LogP contribution < -0.4 is 16.2 Å². The highest BCUT2D eigenvalue weighted by atomic mass is 16.5. The second-order valence-electron chi connectivity index (χ2n) is 3.57. The number of ether oxygens (including phenoxy) is 1. The van der Waals surface area contributed by atoms with Crippen molar-refractivity contribution in [3.8, 4) is 17.6 Å². The summed E-state index contributed by atoms with van der Waals surface area (Å²) in [5.41, 5.74) is 11.6. The Morgan fingerprint density at radius 2 is 2.06 bits per heavy atom. The number of nitrogens with two attached hydrogens (primary N) is 2. The fraction of sp³-hybridized carbons (Fsp3) is 0.308. The van der Waals surface area contributed by atoms with Crippen LogP contribution in [0.4, 0.5) is 0 Å². The average molecular weight is 232 g/mol. The Morgan fingerprint density at radius 3 is 2.59 bits per heavy atom. The van der Waals surface area contributed by atoms with Crippen molar-refractivity contribution in [1.82, 2.24) is 0 Å². The maximum atomic E-state index is 10.8. The van der Waals surface area contributed by atoms with E-state index in [1.165, 1.54) is 0 Å². The summed E-state index contributed by atoms with van der Waals surface area (Å²) in [6, 6.07) is 6.71. The highest BCUT2D eigenvalue weighted by molar-refractivity contribution is 5.79. The summed E-state index contributed by atoms with van der Waals surface area (Å²) in [5.74, 6) is 5.79. The number of primary amides is 1. The zero-order valence-corrected chi connectivity index (χ0v) is 9.77. The molecule has 4 nitrogen and oxygen atoms in total. The number of hydrogen-bond donors (Lipinski definition) is 2. The lowest BCUT2D eigenvalue weighted by atomic mass is 10.1. The molecule has 1 aromatic carbocycles. The molecule has 0 saturated heterocycles. The molecule has 0 radical (unpaired) electrons. The van der Waals surface area contributed by atoms with E-state index in [1.54, 1.807) is 6.92 Å². The molecule has 0 fully saturated rings. The molecule has 0 spiro atoms. The molecule has 0 aliphatic heterocycles. The maximum absolute atomic E-state index is 10.8. The van der Waals surface area contributed by atoms with E-state index in [0.29, 0.717) is 13.0 Å². The lowest BCUT2D eigenvalue weighted by Crippen LogP contribution is -2.38. The van der Waals surface area contributed by atoms with Crippen LogP contribution in [-0.4, -0.2) is 18.6 Å². The summed E-state index contributed by atoms with van der Waals surface area (Å²) in [4.78, 5) is 10.8. The van der Waals surface area contributed by atoms with Crippen LogP contribution in [-0.2, 0) is 11.2 Å². The number of hydrogen-bond acceptors (Lipinski definition) is 3. The third-order valence-electron chi connectivity index (χ3n) is 2.23. The van der Waals surface area contributed by atoms with E-state index in [9.17, 15) is 4.79 Å². The Kier molecular flexibility index (Phi) is 5.05. The van der Waals surface area contributed by atoms with Crippen LogP contribution in [0.5, 0.6) is 5.75 Å². The van der Waals surface area contributed by atoms with Gasteiger partial charge in [0, 0.05) is 0 Å². The van der Waals surface area contributed by atoms with Gasteiger partial charge in [-0.15, -0.1) is 5.92 Å². The Morgan fingerprint density at radius 1 is 1.41 bits per heavy atom. The van der Waals surface area contributed by atoms with Gasteiger partial charge in [-0.2, -0.15) is 0 Å². The van der Waals surface area contributed by atoms with E-state index in [-0.39, 0.29) is 0 Å². The predicted molar refractivity (Wildman–Crippen MR) is 66.3 cm³/mol. The van der Waals surface area contributed by atoms with Gasteiger partial charge in [0.25, 0.3) is 0 Å². The lowest BCUT2D eigenvalue weighted by Gasteiger charge is -2.08. The molecule has 4 N–H and O–H groups in total. The van der Waals surface area contributed by atoms with Crippen LogP contribution in [0.3, 0.4) is 0 Å². The number of benzene rings is 1. The standard InChI is InChI=1S/C13H16N2O2/c1-2-3-8-17-11-6-4-10(5-7-11)9-12(14)13(15)16/h4-7,12H,8-9,14H2,1H3,(H2,15,16)/t12-/m0/s1. The molecule has 1 amide bonds. The van der Waals surface area contributed by atoms with Gasteiger partial charge in [0.15, 0.2) is 0 Å². The molecule has 4 heteroatoms. The number of carbonyl (C=O) groups excluding carboxylic acids is 1. The van der Waals surface area contributed by atoms with Crippen molar-refractivity contribution in [3.05, 3.63) is 29.8 Å². The first-order valence-electron chi connectivity index (χ1n) is 5.29. The van der Waals surface area contributed by atoms with Gasteiger partial charge in [0.05, 0.1) is 6.04 Å². The SMILES string of the molecule is CC#CCOc1ccc(C[C@H](N)C(N)=O)cc1. The minimum absolute atomic E-state index is 0.372. The largest absolute Gasteiger partial charge is 0.481 e. The number of rotatable bonds is 5. The Bertz CT molecular complexity index is 429. The minimum atomic E-state index is -0.646. The van der Waals surface area contributed by atoms with Crippen LogP contribution in [0.25, 0.3) is 0 Å². The Balaban J connectivity index is 2.54. The molecule has 0 bridgehead atoms. The van der Waals surface area contributed by atoms with Crippen LogP contribution in [0, 0.1) is 11.8 Å².